The van der Waals surface area contributed by atoms with Crippen molar-refractivity contribution in [1.82, 2.24) is 9.88 Å². The zero-order valence-electron chi connectivity index (χ0n) is 11.0. The Hall–Kier alpha value is -1.58. The molecule has 0 aliphatic heterocycles. The van der Waals surface area contributed by atoms with Gasteiger partial charge in [-0.25, -0.2) is 0 Å². The van der Waals surface area contributed by atoms with E-state index in [0.717, 1.165) is 25.8 Å². The average Bonchev–Trinajstić information content (AvgIpc) is 3.13. The van der Waals surface area contributed by atoms with Crippen LogP contribution in [0, 0.1) is 5.92 Å². The Labute approximate surface area is 108 Å². The lowest BCUT2D eigenvalue weighted by Crippen LogP contribution is -2.34. The van der Waals surface area contributed by atoms with Crippen LogP contribution in [0.4, 0.5) is 0 Å². The normalized spacial score (nSPS) is 14.8. The van der Waals surface area contributed by atoms with Crippen LogP contribution in [-0.2, 0) is 0 Å². The fourth-order valence-electron chi connectivity index (χ4n) is 1.96. The van der Waals surface area contributed by atoms with E-state index in [1.54, 1.807) is 12.3 Å². The number of aromatic hydroxyl groups is 1. The van der Waals surface area contributed by atoms with Gasteiger partial charge in [0.2, 0.25) is 0 Å². The molecule has 1 aliphatic carbocycles. The molecule has 1 heterocycles. The summed E-state index contributed by atoms with van der Waals surface area (Å²) in [7, 11) is 0. The Kier molecular flexibility index (Phi) is 3.84. The van der Waals surface area contributed by atoms with Gasteiger partial charge in [0.1, 0.15) is 5.75 Å². The van der Waals surface area contributed by atoms with Gasteiger partial charge in [-0.1, -0.05) is 13.8 Å². The molecule has 0 unspecified atom stereocenters. The monoisotopic (exact) mass is 248 g/mol. The number of hydrogen-bond acceptors (Lipinski definition) is 3. The van der Waals surface area contributed by atoms with Gasteiger partial charge in [-0.2, -0.15) is 0 Å². The van der Waals surface area contributed by atoms with E-state index < -0.39 is 0 Å². The van der Waals surface area contributed by atoms with Crippen molar-refractivity contribution < 1.29 is 9.90 Å². The molecule has 4 nitrogen and oxygen atoms in total. The van der Waals surface area contributed by atoms with E-state index in [1.165, 1.54) is 6.20 Å². The second-order valence-corrected chi connectivity index (χ2v) is 5.31. The molecule has 0 radical (unpaired) electrons. The van der Waals surface area contributed by atoms with Crippen molar-refractivity contribution in [3.8, 4) is 5.75 Å². The van der Waals surface area contributed by atoms with Crippen LogP contribution in [-0.4, -0.2) is 33.5 Å². The van der Waals surface area contributed by atoms with Crippen molar-refractivity contribution in [2.45, 2.75) is 39.2 Å². The third-order valence-electron chi connectivity index (χ3n) is 3.23. The lowest BCUT2D eigenvalue weighted by molar-refractivity contribution is 0.0732. The highest BCUT2D eigenvalue weighted by atomic mass is 16.3. The van der Waals surface area contributed by atoms with Crippen LogP contribution >= 0.6 is 0 Å². The van der Waals surface area contributed by atoms with Gasteiger partial charge in [-0.3, -0.25) is 9.78 Å². The Morgan fingerprint density at radius 1 is 1.56 bits per heavy atom. The van der Waals surface area contributed by atoms with Gasteiger partial charge >= 0.3 is 0 Å². The molecule has 1 N–H and O–H groups in total. The maximum atomic E-state index is 12.4. The van der Waals surface area contributed by atoms with E-state index in [4.69, 9.17) is 0 Å². The molecule has 1 aromatic heterocycles. The zero-order chi connectivity index (χ0) is 13.1. The van der Waals surface area contributed by atoms with Crippen LogP contribution in [0.1, 0.15) is 43.5 Å². The molecule has 1 saturated carbocycles. The highest BCUT2D eigenvalue weighted by Gasteiger charge is 2.33. The number of rotatable bonds is 5. The van der Waals surface area contributed by atoms with E-state index in [2.05, 4.69) is 18.8 Å². The van der Waals surface area contributed by atoms with Gasteiger partial charge < -0.3 is 10.0 Å². The Bertz CT molecular complexity index is 428. The molecular formula is C14H20N2O2. The lowest BCUT2D eigenvalue weighted by atomic mass is 10.1. The summed E-state index contributed by atoms with van der Waals surface area (Å²) in [4.78, 5) is 18.1. The fourth-order valence-corrected chi connectivity index (χ4v) is 1.96. The van der Waals surface area contributed by atoms with Crippen molar-refractivity contribution in [3.63, 3.8) is 0 Å². The number of amides is 1. The molecule has 98 valence electrons. The lowest BCUT2D eigenvalue weighted by Gasteiger charge is -2.23. The number of pyridine rings is 1. The molecule has 0 aromatic carbocycles. The summed E-state index contributed by atoms with van der Waals surface area (Å²) < 4.78 is 0. The first-order chi connectivity index (χ1) is 8.59. The number of carbonyl (C=O) groups is 1. The first-order valence-electron chi connectivity index (χ1n) is 6.53. The summed E-state index contributed by atoms with van der Waals surface area (Å²) in [5.74, 6) is 0.473. The molecule has 1 fully saturated rings. The van der Waals surface area contributed by atoms with Crippen LogP contribution in [0.25, 0.3) is 0 Å². The van der Waals surface area contributed by atoms with Gasteiger partial charge in [0.25, 0.3) is 5.91 Å². The summed E-state index contributed by atoms with van der Waals surface area (Å²) in [5, 5.41) is 9.70. The summed E-state index contributed by atoms with van der Waals surface area (Å²) in [5.41, 5.74) is 0.362. The van der Waals surface area contributed by atoms with E-state index in [0.29, 0.717) is 17.5 Å². The molecule has 1 aromatic rings. The minimum absolute atomic E-state index is 0.0299. The van der Waals surface area contributed by atoms with Crippen LogP contribution in [0.2, 0.25) is 0 Å². The van der Waals surface area contributed by atoms with Gasteiger partial charge in [-0.15, -0.1) is 0 Å². The van der Waals surface area contributed by atoms with Crippen LogP contribution in [0.3, 0.4) is 0 Å². The van der Waals surface area contributed by atoms with Crippen LogP contribution in [0.5, 0.6) is 5.75 Å². The molecule has 4 heteroatoms. The minimum atomic E-state index is -0.0712. The number of nitrogens with zero attached hydrogens (tertiary/aromatic N) is 2. The van der Waals surface area contributed by atoms with Gasteiger partial charge in [-0.05, 0) is 31.2 Å². The summed E-state index contributed by atoms with van der Waals surface area (Å²) >= 11 is 0. The fraction of sp³-hybridized carbons (Fsp3) is 0.571. The second kappa shape index (κ2) is 5.38. The Balaban J connectivity index is 2.11. The zero-order valence-corrected chi connectivity index (χ0v) is 11.0. The molecule has 0 saturated heterocycles. The molecular weight excluding hydrogens is 228 g/mol. The number of hydrogen-bond donors (Lipinski definition) is 1. The molecule has 0 bridgehead atoms. The van der Waals surface area contributed by atoms with E-state index >= 15 is 0 Å². The standard InChI is InChI=1S/C14H20N2O2/c1-10(2)6-8-16(11-3-4-11)14(18)12-5-7-15-9-13(12)17/h5,7,9-11,17H,3-4,6,8H2,1-2H3. The predicted octanol–water partition coefficient (Wildman–Crippen LogP) is 2.44. The van der Waals surface area contributed by atoms with E-state index in [-0.39, 0.29) is 11.7 Å². The highest BCUT2D eigenvalue weighted by molar-refractivity contribution is 5.97. The van der Waals surface area contributed by atoms with E-state index in [1.807, 2.05) is 4.90 Å². The predicted molar refractivity (Wildman–Crippen MR) is 69.4 cm³/mol. The summed E-state index contributed by atoms with van der Waals surface area (Å²) in [6.45, 7) is 5.07. The Morgan fingerprint density at radius 2 is 2.28 bits per heavy atom. The molecule has 2 rings (SSSR count). The van der Waals surface area contributed by atoms with Gasteiger partial charge in [0, 0.05) is 18.8 Å². The topological polar surface area (TPSA) is 53.4 Å². The number of aromatic nitrogens is 1. The average molecular weight is 248 g/mol. The molecule has 1 aliphatic rings. The van der Waals surface area contributed by atoms with Crippen LogP contribution in [0.15, 0.2) is 18.5 Å². The number of carbonyl (C=O) groups excluding carboxylic acids is 1. The molecule has 1 amide bonds. The minimum Gasteiger partial charge on any atom is -0.505 e. The smallest absolute Gasteiger partial charge is 0.257 e. The first kappa shape index (κ1) is 12.9. The van der Waals surface area contributed by atoms with Gasteiger partial charge in [0.05, 0.1) is 11.8 Å². The Morgan fingerprint density at radius 3 is 2.83 bits per heavy atom. The van der Waals surface area contributed by atoms with Crippen LogP contribution < -0.4 is 0 Å². The van der Waals surface area contributed by atoms with Crippen molar-refractivity contribution in [2.24, 2.45) is 5.92 Å². The maximum Gasteiger partial charge on any atom is 0.257 e. The van der Waals surface area contributed by atoms with Crippen molar-refractivity contribution in [3.05, 3.63) is 24.0 Å². The first-order valence-corrected chi connectivity index (χ1v) is 6.53. The summed E-state index contributed by atoms with van der Waals surface area (Å²) in [6.07, 6.45) is 6.01. The highest BCUT2D eigenvalue weighted by Crippen LogP contribution is 2.30. The maximum absolute atomic E-state index is 12.4. The van der Waals surface area contributed by atoms with Crippen molar-refractivity contribution in [1.29, 1.82) is 0 Å². The molecule has 18 heavy (non-hydrogen) atoms. The molecule has 0 atom stereocenters. The quantitative estimate of drug-likeness (QED) is 0.870. The summed E-state index contributed by atoms with van der Waals surface area (Å²) in [6, 6.07) is 1.95. The SMILES string of the molecule is CC(C)CCN(C(=O)c1ccncc1O)C1CC1. The largest absolute Gasteiger partial charge is 0.505 e. The molecule has 0 spiro atoms. The van der Waals surface area contributed by atoms with E-state index in [9.17, 15) is 9.90 Å². The third kappa shape index (κ3) is 3.00. The van der Waals surface area contributed by atoms with Crippen molar-refractivity contribution >= 4 is 5.91 Å². The van der Waals surface area contributed by atoms with Gasteiger partial charge in [0.15, 0.2) is 0 Å². The van der Waals surface area contributed by atoms with Crippen molar-refractivity contribution in [2.75, 3.05) is 6.54 Å². The second-order valence-electron chi connectivity index (χ2n) is 5.31. The third-order valence-corrected chi connectivity index (χ3v) is 3.23.